The number of carbonyl (C=O) groups excluding carboxylic acids is 3. The number of hydrogen-bond acceptors (Lipinski definition) is 5. The molecule has 2 N–H and O–H groups in total. The Morgan fingerprint density at radius 3 is 2.14 bits per heavy atom. The van der Waals surface area contributed by atoms with E-state index in [4.69, 9.17) is 15.2 Å². The van der Waals surface area contributed by atoms with Crippen LogP contribution in [0.25, 0.3) is 10.9 Å². The second-order valence-electron chi connectivity index (χ2n) is 8.44. The number of esters is 1. The van der Waals surface area contributed by atoms with Crippen LogP contribution in [0.15, 0.2) is 78.9 Å². The van der Waals surface area contributed by atoms with Gasteiger partial charge in [0, 0.05) is 12.2 Å². The molecular formula is C29H28N2O5. The van der Waals surface area contributed by atoms with E-state index in [9.17, 15) is 14.4 Å². The summed E-state index contributed by atoms with van der Waals surface area (Å²) in [6.45, 7) is 4.11. The first kappa shape index (κ1) is 24.7. The van der Waals surface area contributed by atoms with Gasteiger partial charge in [-0.05, 0) is 36.6 Å². The van der Waals surface area contributed by atoms with Gasteiger partial charge in [0.1, 0.15) is 12.4 Å². The van der Waals surface area contributed by atoms with Gasteiger partial charge in [-0.1, -0.05) is 73.7 Å². The number of rotatable bonds is 10. The third-order valence-corrected chi connectivity index (χ3v) is 5.99. The number of primary amides is 1. The fraction of sp³-hybridized carbons (Fsp3) is 0.207. The van der Waals surface area contributed by atoms with Crippen molar-refractivity contribution in [2.75, 3.05) is 0 Å². The van der Waals surface area contributed by atoms with Gasteiger partial charge in [-0.15, -0.1) is 0 Å². The number of nitrogens with zero attached hydrogens (tertiary/aromatic N) is 1. The molecule has 0 unspecified atom stereocenters. The highest BCUT2D eigenvalue weighted by molar-refractivity contribution is 6.45. The van der Waals surface area contributed by atoms with Crippen LogP contribution in [0.5, 0.6) is 5.75 Å². The van der Waals surface area contributed by atoms with E-state index in [0.29, 0.717) is 35.3 Å². The van der Waals surface area contributed by atoms with Crippen LogP contribution in [0.3, 0.4) is 0 Å². The Labute approximate surface area is 209 Å². The van der Waals surface area contributed by atoms with Gasteiger partial charge in [-0.2, -0.15) is 0 Å². The number of ether oxygens (including phenoxy) is 2. The lowest BCUT2D eigenvalue weighted by Gasteiger charge is -2.15. The SMILES string of the molecule is CCc1c(C(=O)C(N)=O)c2c(O[C@@H](C)C(=O)OCc3ccccc3)cccc2n1Cc1ccccc1. The summed E-state index contributed by atoms with van der Waals surface area (Å²) < 4.78 is 13.4. The van der Waals surface area contributed by atoms with E-state index in [1.54, 1.807) is 19.1 Å². The lowest BCUT2D eigenvalue weighted by molar-refractivity contribution is -0.152. The van der Waals surface area contributed by atoms with Gasteiger partial charge in [-0.3, -0.25) is 9.59 Å². The molecule has 1 amide bonds. The topological polar surface area (TPSA) is 101 Å². The van der Waals surface area contributed by atoms with E-state index >= 15 is 0 Å². The lowest BCUT2D eigenvalue weighted by atomic mass is 10.0. The van der Waals surface area contributed by atoms with E-state index in [-0.39, 0.29) is 12.2 Å². The quantitative estimate of drug-likeness (QED) is 0.204. The van der Waals surface area contributed by atoms with E-state index in [1.807, 2.05) is 78.2 Å². The smallest absolute Gasteiger partial charge is 0.347 e. The van der Waals surface area contributed by atoms with Crippen molar-refractivity contribution >= 4 is 28.6 Å². The predicted octanol–water partition coefficient (Wildman–Crippen LogP) is 4.43. The van der Waals surface area contributed by atoms with Crippen LogP contribution in [0.1, 0.15) is 41.0 Å². The van der Waals surface area contributed by atoms with Crippen LogP contribution in [0.4, 0.5) is 0 Å². The van der Waals surface area contributed by atoms with Crippen molar-refractivity contribution in [2.45, 2.75) is 39.5 Å². The van der Waals surface area contributed by atoms with Crippen molar-refractivity contribution in [1.29, 1.82) is 0 Å². The predicted molar refractivity (Wildman–Crippen MR) is 137 cm³/mol. The molecule has 184 valence electrons. The number of hydrogen-bond donors (Lipinski definition) is 1. The molecule has 0 saturated carbocycles. The minimum Gasteiger partial charge on any atom is -0.478 e. The number of Topliss-reactive ketones (excluding diaryl/α,β-unsaturated/α-hetero) is 1. The highest BCUT2D eigenvalue weighted by Gasteiger charge is 2.28. The highest BCUT2D eigenvalue weighted by atomic mass is 16.6. The molecule has 1 heterocycles. The van der Waals surface area contributed by atoms with Gasteiger partial charge in [0.05, 0.1) is 16.5 Å². The van der Waals surface area contributed by atoms with Crippen LogP contribution in [-0.4, -0.2) is 28.3 Å². The molecule has 36 heavy (non-hydrogen) atoms. The van der Waals surface area contributed by atoms with Crippen molar-refractivity contribution in [1.82, 2.24) is 4.57 Å². The second kappa shape index (κ2) is 10.9. The molecule has 0 radical (unpaired) electrons. The molecule has 7 heteroatoms. The molecule has 0 aliphatic carbocycles. The maximum absolute atomic E-state index is 13.0. The molecule has 0 spiro atoms. The van der Waals surface area contributed by atoms with E-state index in [1.165, 1.54) is 0 Å². The Morgan fingerprint density at radius 1 is 0.889 bits per heavy atom. The van der Waals surface area contributed by atoms with Gasteiger partial charge < -0.3 is 19.8 Å². The molecule has 1 atom stereocenters. The van der Waals surface area contributed by atoms with Crippen LogP contribution in [-0.2, 0) is 33.9 Å². The Kier molecular flexibility index (Phi) is 7.49. The zero-order valence-corrected chi connectivity index (χ0v) is 20.3. The first-order valence-corrected chi connectivity index (χ1v) is 11.8. The summed E-state index contributed by atoms with van der Waals surface area (Å²) in [5, 5.41) is 0.455. The normalized spacial score (nSPS) is 11.7. The average Bonchev–Trinajstić information content (AvgIpc) is 3.21. The maximum Gasteiger partial charge on any atom is 0.347 e. The average molecular weight is 485 g/mol. The van der Waals surface area contributed by atoms with Crippen molar-refractivity contribution < 1.29 is 23.9 Å². The summed E-state index contributed by atoms with van der Waals surface area (Å²) in [4.78, 5) is 37.6. The molecule has 3 aromatic carbocycles. The zero-order chi connectivity index (χ0) is 25.7. The minimum absolute atomic E-state index is 0.121. The van der Waals surface area contributed by atoms with Crippen molar-refractivity contribution in [2.24, 2.45) is 5.73 Å². The van der Waals surface area contributed by atoms with Crippen LogP contribution < -0.4 is 10.5 Å². The zero-order valence-electron chi connectivity index (χ0n) is 20.3. The van der Waals surface area contributed by atoms with Gasteiger partial charge in [0.2, 0.25) is 0 Å². The number of nitrogens with two attached hydrogens (primary N) is 1. The van der Waals surface area contributed by atoms with Crippen LogP contribution in [0, 0.1) is 0 Å². The third-order valence-electron chi connectivity index (χ3n) is 5.99. The van der Waals surface area contributed by atoms with E-state index < -0.39 is 23.8 Å². The monoisotopic (exact) mass is 484 g/mol. The highest BCUT2D eigenvalue weighted by Crippen LogP contribution is 2.36. The molecule has 4 aromatic rings. The lowest BCUT2D eigenvalue weighted by Crippen LogP contribution is -2.26. The Hall–Kier alpha value is -4.39. The second-order valence-corrected chi connectivity index (χ2v) is 8.44. The molecule has 0 fully saturated rings. The summed E-state index contributed by atoms with van der Waals surface area (Å²) >= 11 is 0. The summed E-state index contributed by atoms with van der Waals surface area (Å²) in [7, 11) is 0. The maximum atomic E-state index is 13.0. The van der Waals surface area contributed by atoms with Gasteiger partial charge in [-0.25, -0.2) is 4.79 Å². The van der Waals surface area contributed by atoms with Crippen LogP contribution in [0.2, 0.25) is 0 Å². The van der Waals surface area contributed by atoms with E-state index in [0.717, 1.165) is 11.1 Å². The largest absolute Gasteiger partial charge is 0.478 e. The molecule has 0 bridgehead atoms. The van der Waals surface area contributed by atoms with Gasteiger partial charge >= 0.3 is 5.97 Å². The molecule has 4 rings (SSSR count). The molecule has 0 aliphatic heterocycles. The molecule has 0 saturated heterocycles. The minimum atomic E-state index is -1.05. The molecule has 7 nitrogen and oxygen atoms in total. The van der Waals surface area contributed by atoms with Crippen molar-refractivity contribution in [3.8, 4) is 5.75 Å². The number of benzene rings is 3. The third kappa shape index (κ3) is 5.15. The first-order chi connectivity index (χ1) is 17.4. The van der Waals surface area contributed by atoms with E-state index in [2.05, 4.69) is 0 Å². The Morgan fingerprint density at radius 2 is 1.53 bits per heavy atom. The number of amides is 1. The Bertz CT molecular complexity index is 1390. The van der Waals surface area contributed by atoms with Gasteiger partial charge in [0.25, 0.3) is 11.7 Å². The standard InChI is InChI=1S/C29H28N2O5/c1-3-22-26(27(32)28(30)33)25-23(31(22)17-20-11-6-4-7-12-20)15-10-16-24(25)36-19(2)29(34)35-18-21-13-8-5-9-14-21/h4-16,19H,3,17-18H2,1-2H3,(H2,30,33)/t19-/m0/s1. The number of carbonyl (C=O) groups is 3. The summed E-state index contributed by atoms with van der Waals surface area (Å²) in [6.07, 6.45) is -0.456. The summed E-state index contributed by atoms with van der Waals surface area (Å²) in [5.74, 6) is -2.08. The van der Waals surface area contributed by atoms with Crippen molar-refractivity contribution in [3.05, 3.63) is 101 Å². The molecular weight excluding hydrogens is 456 g/mol. The van der Waals surface area contributed by atoms with Crippen LogP contribution >= 0.6 is 0 Å². The molecule has 1 aromatic heterocycles. The Balaban J connectivity index is 1.72. The number of ketones is 1. The van der Waals surface area contributed by atoms with Gasteiger partial charge in [0.15, 0.2) is 6.10 Å². The fourth-order valence-corrected chi connectivity index (χ4v) is 4.29. The number of fused-ring (bicyclic) bond motifs is 1. The summed E-state index contributed by atoms with van der Waals surface area (Å²) in [6, 6.07) is 24.5. The number of aromatic nitrogens is 1. The summed E-state index contributed by atoms with van der Waals surface area (Å²) in [5.41, 5.74) is 8.91. The fourth-order valence-electron chi connectivity index (χ4n) is 4.29. The van der Waals surface area contributed by atoms with Crippen molar-refractivity contribution in [3.63, 3.8) is 0 Å². The molecule has 0 aliphatic rings. The first-order valence-electron chi connectivity index (χ1n) is 11.8.